The summed E-state index contributed by atoms with van der Waals surface area (Å²) in [5, 5.41) is 19.6. The molecule has 0 unspecified atom stereocenters. The number of aromatic hydroxyl groups is 1. The smallest absolute Gasteiger partial charge is 0.236 e. The fourth-order valence-electron chi connectivity index (χ4n) is 1.16. The Labute approximate surface area is 100 Å². The van der Waals surface area contributed by atoms with Crippen LogP contribution in [0.25, 0.3) is 0 Å². The van der Waals surface area contributed by atoms with Gasteiger partial charge in [-0.25, -0.2) is 4.39 Å². The molecule has 2 rings (SSSR count). The zero-order chi connectivity index (χ0) is 12.3. The van der Waals surface area contributed by atoms with E-state index < -0.39 is 11.6 Å². The third-order valence-electron chi connectivity index (χ3n) is 1.95. The van der Waals surface area contributed by atoms with Crippen LogP contribution < -0.4 is 5.32 Å². The number of amides is 1. The van der Waals surface area contributed by atoms with Crippen LogP contribution in [0.2, 0.25) is 0 Å². The molecule has 1 amide bonds. The van der Waals surface area contributed by atoms with Crippen molar-refractivity contribution in [2.75, 3.05) is 5.75 Å². The number of thioether (sulfide) groups is 1. The molecule has 1 heterocycles. The standard InChI is InChI=1S/C10H8FN3O2S/c11-7-3-1-2-6(9(7)16)4-12-14-10-13-8(15)5-17-10/h1-4,16H,5H2,(H,13,14,15). The quantitative estimate of drug-likeness (QED) is 0.612. The van der Waals surface area contributed by atoms with Gasteiger partial charge in [0.1, 0.15) is 0 Å². The van der Waals surface area contributed by atoms with E-state index in [-0.39, 0.29) is 11.5 Å². The SMILES string of the molecule is O=C1CSC(=NN=Cc2cccc(F)c2O)N1. The van der Waals surface area contributed by atoms with E-state index in [1.807, 2.05) is 0 Å². The van der Waals surface area contributed by atoms with E-state index in [0.717, 1.165) is 6.07 Å². The Bertz CT molecular complexity index is 516. The lowest BCUT2D eigenvalue weighted by molar-refractivity contribution is -0.116. The highest BCUT2D eigenvalue weighted by Gasteiger charge is 2.15. The Hall–Kier alpha value is -1.89. The normalized spacial score (nSPS) is 17.9. The molecule has 5 nitrogen and oxygen atoms in total. The second kappa shape index (κ2) is 4.96. The molecule has 88 valence electrons. The van der Waals surface area contributed by atoms with Crippen molar-refractivity contribution in [2.45, 2.75) is 0 Å². The van der Waals surface area contributed by atoms with Gasteiger partial charge in [0.2, 0.25) is 5.91 Å². The topological polar surface area (TPSA) is 74.0 Å². The van der Waals surface area contributed by atoms with Gasteiger partial charge in [0.25, 0.3) is 0 Å². The number of carbonyl (C=O) groups is 1. The summed E-state index contributed by atoms with van der Waals surface area (Å²) in [4.78, 5) is 10.8. The predicted molar refractivity (Wildman–Crippen MR) is 63.7 cm³/mol. The first-order valence-corrected chi connectivity index (χ1v) is 5.66. The molecule has 0 saturated carbocycles. The highest BCUT2D eigenvalue weighted by molar-refractivity contribution is 8.15. The number of amidine groups is 1. The number of carbonyl (C=O) groups excluding carboxylic acids is 1. The summed E-state index contributed by atoms with van der Waals surface area (Å²) in [5.41, 5.74) is 0.226. The van der Waals surface area contributed by atoms with Crippen molar-refractivity contribution in [1.82, 2.24) is 5.32 Å². The largest absolute Gasteiger partial charge is 0.504 e. The lowest BCUT2D eigenvalue weighted by Gasteiger charge is -1.97. The van der Waals surface area contributed by atoms with Crippen molar-refractivity contribution in [3.8, 4) is 5.75 Å². The van der Waals surface area contributed by atoms with Gasteiger partial charge in [-0.05, 0) is 12.1 Å². The molecular formula is C10H8FN3O2S. The fraction of sp³-hybridized carbons (Fsp3) is 0.100. The summed E-state index contributed by atoms with van der Waals surface area (Å²) in [7, 11) is 0. The van der Waals surface area contributed by atoms with Crippen LogP contribution in [0.1, 0.15) is 5.56 Å². The number of phenolic OH excluding ortho intramolecular Hbond substituents is 1. The van der Waals surface area contributed by atoms with E-state index in [1.54, 1.807) is 0 Å². The van der Waals surface area contributed by atoms with E-state index in [1.165, 1.54) is 30.1 Å². The van der Waals surface area contributed by atoms with Gasteiger partial charge in [-0.1, -0.05) is 17.8 Å². The zero-order valence-electron chi connectivity index (χ0n) is 8.55. The number of benzene rings is 1. The second-order valence-corrected chi connectivity index (χ2v) is 4.13. The summed E-state index contributed by atoms with van der Waals surface area (Å²) in [6.07, 6.45) is 1.22. The molecule has 1 fully saturated rings. The average molecular weight is 253 g/mol. The number of nitrogens with zero attached hydrogens (tertiary/aromatic N) is 2. The van der Waals surface area contributed by atoms with E-state index in [0.29, 0.717) is 10.9 Å². The van der Waals surface area contributed by atoms with Crippen LogP contribution in [0, 0.1) is 5.82 Å². The molecule has 1 aromatic rings. The van der Waals surface area contributed by atoms with Gasteiger partial charge >= 0.3 is 0 Å². The maximum Gasteiger partial charge on any atom is 0.236 e. The minimum absolute atomic E-state index is 0.127. The minimum Gasteiger partial charge on any atom is -0.504 e. The Morgan fingerprint density at radius 2 is 2.35 bits per heavy atom. The van der Waals surface area contributed by atoms with Crippen molar-refractivity contribution < 1.29 is 14.3 Å². The lowest BCUT2D eigenvalue weighted by atomic mass is 10.2. The molecule has 1 aromatic carbocycles. The molecule has 0 radical (unpaired) electrons. The molecule has 1 aliphatic rings. The Balaban J connectivity index is 2.11. The first-order valence-electron chi connectivity index (χ1n) is 4.68. The summed E-state index contributed by atoms with van der Waals surface area (Å²) < 4.78 is 13.0. The molecule has 0 aromatic heterocycles. The molecular weight excluding hydrogens is 245 g/mol. The number of phenols is 1. The first-order chi connectivity index (χ1) is 8.16. The highest BCUT2D eigenvalue weighted by atomic mass is 32.2. The van der Waals surface area contributed by atoms with Crippen molar-refractivity contribution in [3.05, 3.63) is 29.6 Å². The van der Waals surface area contributed by atoms with Gasteiger partial charge in [0.15, 0.2) is 16.7 Å². The molecule has 1 saturated heterocycles. The second-order valence-electron chi connectivity index (χ2n) is 3.16. The van der Waals surface area contributed by atoms with Gasteiger partial charge in [-0.3, -0.25) is 4.79 Å². The molecule has 0 spiro atoms. The zero-order valence-corrected chi connectivity index (χ0v) is 9.37. The monoisotopic (exact) mass is 253 g/mol. The number of hydrogen-bond donors (Lipinski definition) is 2. The predicted octanol–water partition coefficient (Wildman–Crippen LogP) is 1.08. The lowest BCUT2D eigenvalue weighted by Crippen LogP contribution is -2.19. The Morgan fingerprint density at radius 1 is 1.53 bits per heavy atom. The third kappa shape index (κ3) is 2.82. The number of para-hydroxylation sites is 1. The van der Waals surface area contributed by atoms with Crippen molar-refractivity contribution in [2.24, 2.45) is 10.2 Å². The average Bonchev–Trinajstić information content (AvgIpc) is 2.70. The van der Waals surface area contributed by atoms with Crippen molar-refractivity contribution in [3.63, 3.8) is 0 Å². The maximum atomic E-state index is 13.0. The minimum atomic E-state index is -0.717. The molecule has 1 aliphatic heterocycles. The molecule has 17 heavy (non-hydrogen) atoms. The number of rotatable bonds is 2. The van der Waals surface area contributed by atoms with Gasteiger partial charge in [-0.2, -0.15) is 5.10 Å². The van der Waals surface area contributed by atoms with Gasteiger partial charge < -0.3 is 10.4 Å². The van der Waals surface area contributed by atoms with Gasteiger partial charge in [0, 0.05) is 5.56 Å². The number of nitrogens with one attached hydrogen (secondary N) is 1. The molecule has 7 heteroatoms. The summed E-state index contributed by atoms with van der Waals surface area (Å²) in [5.74, 6) is -0.998. The van der Waals surface area contributed by atoms with Crippen LogP contribution in [0.15, 0.2) is 28.4 Å². The Kier molecular flexibility index (Phi) is 3.38. The first kappa shape index (κ1) is 11.6. The molecule has 0 bridgehead atoms. The van der Waals surface area contributed by atoms with E-state index in [9.17, 15) is 14.3 Å². The van der Waals surface area contributed by atoms with Crippen LogP contribution in [-0.4, -0.2) is 28.1 Å². The van der Waals surface area contributed by atoms with Gasteiger partial charge in [-0.15, -0.1) is 5.10 Å². The fourth-order valence-corrected chi connectivity index (χ4v) is 1.79. The van der Waals surface area contributed by atoms with Crippen LogP contribution in [0.4, 0.5) is 4.39 Å². The molecule has 2 N–H and O–H groups in total. The summed E-state index contributed by atoms with van der Waals surface area (Å²) >= 11 is 1.23. The maximum absolute atomic E-state index is 13.0. The van der Waals surface area contributed by atoms with Crippen LogP contribution >= 0.6 is 11.8 Å². The highest BCUT2D eigenvalue weighted by Crippen LogP contribution is 2.18. The summed E-state index contributed by atoms with van der Waals surface area (Å²) in [6, 6.07) is 4.10. The van der Waals surface area contributed by atoms with Crippen LogP contribution in [-0.2, 0) is 4.79 Å². The van der Waals surface area contributed by atoms with E-state index in [4.69, 9.17) is 0 Å². The van der Waals surface area contributed by atoms with Crippen molar-refractivity contribution >= 4 is 29.1 Å². The number of halogens is 1. The van der Waals surface area contributed by atoms with Crippen LogP contribution in [0.5, 0.6) is 5.75 Å². The third-order valence-corrected chi connectivity index (χ3v) is 2.81. The molecule has 0 aliphatic carbocycles. The Morgan fingerprint density at radius 3 is 3.06 bits per heavy atom. The van der Waals surface area contributed by atoms with Gasteiger partial charge in [0.05, 0.1) is 12.0 Å². The molecule has 0 atom stereocenters. The van der Waals surface area contributed by atoms with E-state index >= 15 is 0 Å². The van der Waals surface area contributed by atoms with Crippen LogP contribution in [0.3, 0.4) is 0 Å². The van der Waals surface area contributed by atoms with Crippen molar-refractivity contribution in [1.29, 1.82) is 0 Å². The van der Waals surface area contributed by atoms with E-state index in [2.05, 4.69) is 15.5 Å². The number of hydrogen-bond acceptors (Lipinski definition) is 5. The summed E-state index contributed by atoms with van der Waals surface area (Å²) in [6.45, 7) is 0.